The largest absolute Gasteiger partial charge is 0.494 e. The molecule has 3 N–H and O–H groups in total. The molecule has 0 aliphatic heterocycles. The zero-order chi connectivity index (χ0) is 13.5. The van der Waals surface area contributed by atoms with E-state index in [1.807, 2.05) is 6.92 Å². The Kier molecular flexibility index (Phi) is 5.61. The number of esters is 1. The number of aliphatic hydroxyl groups excluding tert-OH is 1. The minimum atomic E-state index is -1.11. The van der Waals surface area contributed by atoms with E-state index in [2.05, 4.69) is 0 Å². The van der Waals surface area contributed by atoms with Crippen molar-refractivity contribution in [3.63, 3.8) is 0 Å². The molecule has 2 unspecified atom stereocenters. The fourth-order valence-electron chi connectivity index (χ4n) is 1.53. The Morgan fingerprint density at radius 1 is 1.39 bits per heavy atom. The Bertz CT molecular complexity index is 394. The molecule has 5 heteroatoms. The van der Waals surface area contributed by atoms with Gasteiger partial charge in [0.05, 0.1) is 13.2 Å². The van der Waals surface area contributed by atoms with Gasteiger partial charge in [0, 0.05) is 0 Å². The zero-order valence-electron chi connectivity index (χ0n) is 10.6. The van der Waals surface area contributed by atoms with E-state index in [0.717, 1.165) is 0 Å². The van der Waals surface area contributed by atoms with E-state index in [9.17, 15) is 9.90 Å². The molecule has 0 amide bonds. The first kappa shape index (κ1) is 14.5. The molecule has 0 heterocycles. The Morgan fingerprint density at radius 3 is 2.72 bits per heavy atom. The van der Waals surface area contributed by atoms with Crippen LogP contribution >= 0.6 is 0 Å². The molecule has 0 aliphatic rings. The van der Waals surface area contributed by atoms with Gasteiger partial charge in [-0.2, -0.15) is 0 Å². The second-order valence-corrected chi connectivity index (χ2v) is 3.73. The van der Waals surface area contributed by atoms with E-state index in [0.29, 0.717) is 17.9 Å². The van der Waals surface area contributed by atoms with Gasteiger partial charge in [-0.15, -0.1) is 0 Å². The third kappa shape index (κ3) is 3.72. The van der Waals surface area contributed by atoms with Gasteiger partial charge in [-0.05, 0) is 31.5 Å². The van der Waals surface area contributed by atoms with Crippen LogP contribution in [0.4, 0.5) is 0 Å². The second kappa shape index (κ2) is 6.98. The molecule has 18 heavy (non-hydrogen) atoms. The van der Waals surface area contributed by atoms with Crippen LogP contribution in [0.2, 0.25) is 0 Å². The van der Waals surface area contributed by atoms with Crippen LogP contribution in [0.3, 0.4) is 0 Å². The molecule has 0 aliphatic carbocycles. The molecule has 0 spiro atoms. The first-order chi connectivity index (χ1) is 8.60. The van der Waals surface area contributed by atoms with Crippen molar-refractivity contribution in [1.82, 2.24) is 0 Å². The average Bonchev–Trinajstić information content (AvgIpc) is 2.38. The summed E-state index contributed by atoms with van der Waals surface area (Å²) in [6.45, 7) is 4.32. The van der Waals surface area contributed by atoms with Crippen molar-refractivity contribution >= 4 is 5.97 Å². The summed E-state index contributed by atoms with van der Waals surface area (Å²) in [5.41, 5.74) is 6.17. The lowest BCUT2D eigenvalue weighted by Crippen LogP contribution is -2.38. The van der Waals surface area contributed by atoms with Gasteiger partial charge in [-0.1, -0.05) is 12.1 Å². The summed E-state index contributed by atoms with van der Waals surface area (Å²) < 4.78 is 10.1. The lowest BCUT2D eigenvalue weighted by atomic mass is 10.0. The number of carbonyl (C=O) groups excluding carboxylic acids is 1. The molecule has 0 radical (unpaired) electrons. The summed E-state index contributed by atoms with van der Waals surface area (Å²) in [7, 11) is 0. The van der Waals surface area contributed by atoms with Gasteiger partial charge in [-0.25, -0.2) is 0 Å². The van der Waals surface area contributed by atoms with Crippen molar-refractivity contribution in [3.05, 3.63) is 29.8 Å². The molecular weight excluding hydrogens is 234 g/mol. The fraction of sp³-hybridized carbons (Fsp3) is 0.462. The Labute approximate surface area is 107 Å². The minimum absolute atomic E-state index is 0.234. The summed E-state index contributed by atoms with van der Waals surface area (Å²) in [6, 6.07) is 5.76. The maximum absolute atomic E-state index is 11.4. The third-order valence-corrected chi connectivity index (χ3v) is 2.41. The van der Waals surface area contributed by atoms with E-state index in [-0.39, 0.29) is 6.61 Å². The highest BCUT2D eigenvalue weighted by Crippen LogP contribution is 2.21. The van der Waals surface area contributed by atoms with Crippen LogP contribution in [-0.2, 0) is 9.53 Å². The smallest absolute Gasteiger partial charge is 0.325 e. The molecule has 0 saturated carbocycles. The normalized spacial score (nSPS) is 13.8. The van der Waals surface area contributed by atoms with Crippen molar-refractivity contribution in [2.24, 2.45) is 5.73 Å². The van der Waals surface area contributed by atoms with Gasteiger partial charge >= 0.3 is 5.97 Å². The fourth-order valence-corrected chi connectivity index (χ4v) is 1.53. The molecule has 0 bridgehead atoms. The van der Waals surface area contributed by atoms with Crippen LogP contribution in [0.5, 0.6) is 5.75 Å². The summed E-state index contributed by atoms with van der Waals surface area (Å²) in [6.07, 6.45) is -1.11. The summed E-state index contributed by atoms with van der Waals surface area (Å²) >= 11 is 0. The van der Waals surface area contributed by atoms with Crippen LogP contribution in [0.25, 0.3) is 0 Å². The first-order valence-corrected chi connectivity index (χ1v) is 5.93. The molecule has 1 aromatic rings. The zero-order valence-corrected chi connectivity index (χ0v) is 10.6. The number of hydrogen-bond acceptors (Lipinski definition) is 5. The Balaban J connectivity index is 2.79. The highest BCUT2D eigenvalue weighted by molar-refractivity contribution is 5.76. The predicted molar refractivity (Wildman–Crippen MR) is 67.2 cm³/mol. The number of hydrogen-bond donors (Lipinski definition) is 2. The van der Waals surface area contributed by atoms with Crippen molar-refractivity contribution < 1.29 is 19.4 Å². The van der Waals surface area contributed by atoms with Gasteiger partial charge in [0.25, 0.3) is 0 Å². The number of nitrogens with two attached hydrogens (primary N) is 1. The van der Waals surface area contributed by atoms with Crippen LogP contribution in [-0.4, -0.2) is 30.3 Å². The molecule has 0 saturated heterocycles. The standard InChI is InChI=1S/C13H19NO4/c1-3-17-10-7-5-6-9(8-10)12(15)11(14)13(16)18-4-2/h5-8,11-12,15H,3-4,14H2,1-2H3. The summed E-state index contributed by atoms with van der Waals surface area (Å²) in [4.78, 5) is 11.4. The van der Waals surface area contributed by atoms with Crippen molar-refractivity contribution in [3.8, 4) is 5.75 Å². The Hall–Kier alpha value is -1.59. The van der Waals surface area contributed by atoms with E-state index in [4.69, 9.17) is 15.2 Å². The number of rotatable bonds is 6. The lowest BCUT2D eigenvalue weighted by molar-refractivity contribution is -0.147. The molecular formula is C13H19NO4. The number of carbonyl (C=O) groups is 1. The van der Waals surface area contributed by atoms with Gasteiger partial charge in [0.1, 0.15) is 17.9 Å². The third-order valence-electron chi connectivity index (χ3n) is 2.41. The van der Waals surface area contributed by atoms with Crippen molar-refractivity contribution in [1.29, 1.82) is 0 Å². The van der Waals surface area contributed by atoms with Gasteiger partial charge in [0.15, 0.2) is 0 Å². The van der Waals surface area contributed by atoms with Gasteiger partial charge in [-0.3, -0.25) is 4.79 Å². The number of benzene rings is 1. The first-order valence-electron chi connectivity index (χ1n) is 5.93. The van der Waals surface area contributed by atoms with E-state index in [1.54, 1.807) is 31.2 Å². The molecule has 0 aromatic heterocycles. The number of ether oxygens (including phenoxy) is 2. The average molecular weight is 253 g/mol. The molecule has 100 valence electrons. The molecule has 0 fully saturated rings. The minimum Gasteiger partial charge on any atom is -0.494 e. The number of aliphatic hydroxyl groups is 1. The van der Waals surface area contributed by atoms with Crippen LogP contribution < -0.4 is 10.5 Å². The Morgan fingerprint density at radius 2 is 2.11 bits per heavy atom. The monoisotopic (exact) mass is 253 g/mol. The van der Waals surface area contributed by atoms with E-state index in [1.165, 1.54) is 0 Å². The van der Waals surface area contributed by atoms with Crippen LogP contribution in [0, 0.1) is 0 Å². The van der Waals surface area contributed by atoms with Gasteiger partial charge < -0.3 is 20.3 Å². The van der Waals surface area contributed by atoms with Gasteiger partial charge in [0.2, 0.25) is 0 Å². The van der Waals surface area contributed by atoms with Crippen molar-refractivity contribution in [2.75, 3.05) is 13.2 Å². The quantitative estimate of drug-likeness (QED) is 0.739. The molecule has 5 nitrogen and oxygen atoms in total. The predicted octanol–water partition coefficient (Wildman–Crippen LogP) is 1.01. The summed E-state index contributed by atoms with van der Waals surface area (Å²) in [5, 5.41) is 10.00. The second-order valence-electron chi connectivity index (χ2n) is 3.73. The molecule has 1 rings (SSSR count). The van der Waals surface area contributed by atoms with E-state index >= 15 is 0 Å². The highest BCUT2D eigenvalue weighted by atomic mass is 16.5. The summed E-state index contributed by atoms with van der Waals surface area (Å²) in [5.74, 6) is 0.0110. The van der Waals surface area contributed by atoms with E-state index < -0.39 is 18.1 Å². The van der Waals surface area contributed by atoms with Crippen LogP contribution in [0.1, 0.15) is 25.5 Å². The lowest BCUT2D eigenvalue weighted by Gasteiger charge is -2.18. The molecule has 1 aromatic carbocycles. The topological polar surface area (TPSA) is 81.8 Å². The molecule has 2 atom stereocenters. The van der Waals surface area contributed by atoms with Crippen LogP contribution in [0.15, 0.2) is 24.3 Å². The highest BCUT2D eigenvalue weighted by Gasteiger charge is 2.25. The van der Waals surface area contributed by atoms with Crippen molar-refractivity contribution in [2.45, 2.75) is 26.0 Å². The maximum Gasteiger partial charge on any atom is 0.325 e. The SMILES string of the molecule is CCOC(=O)C(N)C(O)c1cccc(OCC)c1. The maximum atomic E-state index is 11.4.